The first kappa shape index (κ1) is 16.0. The number of hydrogen-bond donors (Lipinski definition) is 2. The van der Waals surface area contributed by atoms with E-state index in [4.69, 9.17) is 0 Å². The van der Waals surface area contributed by atoms with Gasteiger partial charge < -0.3 is 10.2 Å². The second-order valence-electron chi connectivity index (χ2n) is 6.28. The average Bonchev–Trinajstić information content (AvgIpc) is 3.13. The topological polar surface area (TPSA) is 117 Å². The summed E-state index contributed by atoms with van der Waals surface area (Å²) in [6.07, 6.45) is 4.91. The van der Waals surface area contributed by atoms with Gasteiger partial charge in [0.2, 0.25) is 17.6 Å². The molecule has 0 aromatic carbocycles. The molecule has 2 aromatic rings. The van der Waals surface area contributed by atoms with Crippen LogP contribution >= 0.6 is 0 Å². The predicted octanol–water partition coefficient (Wildman–Crippen LogP) is 0.135. The summed E-state index contributed by atoms with van der Waals surface area (Å²) in [5.74, 6) is 0.347. The Bertz CT molecular complexity index is 756. The van der Waals surface area contributed by atoms with Crippen molar-refractivity contribution in [3.05, 3.63) is 24.4 Å². The molecule has 1 saturated heterocycles. The summed E-state index contributed by atoms with van der Waals surface area (Å²) < 4.78 is 0. The third-order valence-corrected chi connectivity index (χ3v) is 4.54. The second kappa shape index (κ2) is 5.99. The number of H-pyrrole nitrogens is 1. The molecule has 2 amide bonds. The van der Waals surface area contributed by atoms with Crippen molar-refractivity contribution in [2.75, 3.05) is 7.05 Å². The third-order valence-electron chi connectivity index (χ3n) is 4.54. The minimum atomic E-state index is -0.507. The Balaban J connectivity index is 1.63. The normalized spacial score (nSPS) is 19.5. The number of carbonyl (C=O) groups excluding carboxylic acids is 2. The van der Waals surface area contributed by atoms with Crippen LogP contribution in [0.2, 0.25) is 0 Å². The molecule has 24 heavy (non-hydrogen) atoms. The van der Waals surface area contributed by atoms with E-state index in [2.05, 4.69) is 30.5 Å². The number of rotatable bonds is 4. The van der Waals surface area contributed by atoms with E-state index in [9.17, 15) is 9.59 Å². The molecule has 9 heteroatoms. The first-order chi connectivity index (χ1) is 11.4. The van der Waals surface area contributed by atoms with Crippen LogP contribution in [0.3, 0.4) is 0 Å². The van der Waals surface area contributed by atoms with Crippen molar-refractivity contribution >= 4 is 11.8 Å². The van der Waals surface area contributed by atoms with E-state index < -0.39 is 11.5 Å². The molecule has 1 atom stereocenters. The Hall–Kier alpha value is -2.84. The highest BCUT2D eigenvalue weighted by Crippen LogP contribution is 2.34. The van der Waals surface area contributed by atoms with Gasteiger partial charge in [-0.3, -0.25) is 19.7 Å². The van der Waals surface area contributed by atoms with Crippen molar-refractivity contribution in [2.45, 2.75) is 32.4 Å². The van der Waals surface area contributed by atoms with E-state index in [1.165, 1.54) is 0 Å². The summed E-state index contributed by atoms with van der Waals surface area (Å²) in [7, 11) is 1.72. The molecule has 1 aliphatic heterocycles. The fraction of sp³-hybridized carbons (Fsp3) is 0.467. The van der Waals surface area contributed by atoms with Crippen LogP contribution in [0.25, 0.3) is 11.5 Å². The molecule has 3 heterocycles. The fourth-order valence-electron chi connectivity index (χ4n) is 2.73. The minimum Gasteiger partial charge on any atom is -0.348 e. The van der Waals surface area contributed by atoms with Gasteiger partial charge in [0.15, 0.2) is 0 Å². The molecule has 3 rings (SSSR count). The molecular formula is C15H19N7O2. The zero-order valence-corrected chi connectivity index (χ0v) is 13.8. The molecule has 0 aliphatic carbocycles. The molecule has 2 aromatic heterocycles. The Morgan fingerprint density at radius 1 is 1.46 bits per heavy atom. The standard InChI is InChI=1S/C15H19N7O2/c1-15(2)9(6-12(23)22(15)3)14(24)18-8-11-19-13(21-20-11)10-7-16-4-5-17-10/h4-5,7,9H,6,8H2,1-3H3,(H,18,24)(H,19,20,21)/t9-/m0/s1. The van der Waals surface area contributed by atoms with Gasteiger partial charge >= 0.3 is 0 Å². The second-order valence-corrected chi connectivity index (χ2v) is 6.28. The number of aromatic amines is 1. The van der Waals surface area contributed by atoms with Crippen molar-refractivity contribution in [3.8, 4) is 11.5 Å². The van der Waals surface area contributed by atoms with Gasteiger partial charge in [0, 0.05) is 31.4 Å². The van der Waals surface area contributed by atoms with E-state index in [-0.39, 0.29) is 24.8 Å². The van der Waals surface area contributed by atoms with Gasteiger partial charge in [0.1, 0.15) is 11.5 Å². The van der Waals surface area contributed by atoms with Crippen LogP contribution in [0.15, 0.2) is 18.6 Å². The van der Waals surface area contributed by atoms with Gasteiger partial charge in [-0.1, -0.05) is 0 Å². The lowest BCUT2D eigenvalue weighted by Crippen LogP contribution is -2.46. The average molecular weight is 329 g/mol. The number of aromatic nitrogens is 5. The maximum atomic E-state index is 12.4. The number of carbonyl (C=O) groups is 2. The Labute approximate surface area is 138 Å². The lowest BCUT2D eigenvalue weighted by molar-refractivity contribution is -0.128. The molecule has 9 nitrogen and oxygen atoms in total. The highest BCUT2D eigenvalue weighted by atomic mass is 16.2. The summed E-state index contributed by atoms with van der Waals surface area (Å²) in [6.45, 7) is 3.99. The number of likely N-dealkylation sites (tertiary alicyclic amines) is 1. The predicted molar refractivity (Wildman–Crippen MR) is 84.2 cm³/mol. The van der Waals surface area contributed by atoms with Gasteiger partial charge in [-0.25, -0.2) is 9.97 Å². The quantitative estimate of drug-likeness (QED) is 0.824. The molecule has 1 fully saturated rings. The number of hydrogen-bond acceptors (Lipinski definition) is 6. The fourth-order valence-corrected chi connectivity index (χ4v) is 2.73. The zero-order valence-electron chi connectivity index (χ0n) is 13.8. The van der Waals surface area contributed by atoms with E-state index in [0.717, 1.165) is 0 Å². The first-order valence-electron chi connectivity index (χ1n) is 7.61. The Morgan fingerprint density at radius 3 is 2.88 bits per heavy atom. The summed E-state index contributed by atoms with van der Waals surface area (Å²) >= 11 is 0. The van der Waals surface area contributed by atoms with Gasteiger partial charge in [-0.05, 0) is 13.8 Å². The monoisotopic (exact) mass is 329 g/mol. The maximum absolute atomic E-state index is 12.4. The van der Waals surface area contributed by atoms with Crippen LogP contribution in [0.4, 0.5) is 0 Å². The molecule has 2 N–H and O–H groups in total. The molecule has 0 radical (unpaired) electrons. The number of nitrogens with one attached hydrogen (secondary N) is 2. The summed E-state index contributed by atoms with van der Waals surface area (Å²) in [5.41, 5.74) is 0.0448. The number of nitrogens with zero attached hydrogens (tertiary/aromatic N) is 5. The lowest BCUT2D eigenvalue weighted by atomic mass is 9.88. The Kier molecular flexibility index (Phi) is 4.00. The summed E-state index contributed by atoms with van der Waals surface area (Å²) in [5, 5.41) is 9.64. The highest BCUT2D eigenvalue weighted by molar-refractivity contribution is 5.90. The molecule has 0 unspecified atom stereocenters. The molecular weight excluding hydrogens is 310 g/mol. The van der Waals surface area contributed by atoms with Crippen LogP contribution in [0.1, 0.15) is 26.1 Å². The number of amides is 2. The van der Waals surface area contributed by atoms with Crippen molar-refractivity contribution < 1.29 is 9.59 Å². The van der Waals surface area contributed by atoms with E-state index in [0.29, 0.717) is 17.3 Å². The van der Waals surface area contributed by atoms with Crippen molar-refractivity contribution in [2.24, 2.45) is 5.92 Å². The molecule has 0 saturated carbocycles. The van der Waals surface area contributed by atoms with Crippen LogP contribution in [0.5, 0.6) is 0 Å². The largest absolute Gasteiger partial charge is 0.348 e. The van der Waals surface area contributed by atoms with E-state index >= 15 is 0 Å². The lowest BCUT2D eigenvalue weighted by Gasteiger charge is -2.32. The summed E-state index contributed by atoms with van der Waals surface area (Å²) in [6, 6.07) is 0. The SMILES string of the molecule is CN1C(=O)C[C@@H](C(=O)NCc2nc(-c3cnccn3)n[nH]2)C1(C)C. The van der Waals surface area contributed by atoms with Gasteiger partial charge in [-0.2, -0.15) is 5.10 Å². The van der Waals surface area contributed by atoms with Gasteiger partial charge in [0.05, 0.1) is 18.7 Å². The highest BCUT2D eigenvalue weighted by Gasteiger charge is 2.47. The first-order valence-corrected chi connectivity index (χ1v) is 7.61. The molecule has 0 bridgehead atoms. The smallest absolute Gasteiger partial charge is 0.226 e. The van der Waals surface area contributed by atoms with E-state index in [1.807, 2.05) is 13.8 Å². The van der Waals surface area contributed by atoms with Gasteiger partial charge in [0.25, 0.3) is 0 Å². The molecule has 1 aliphatic rings. The third kappa shape index (κ3) is 2.84. The minimum absolute atomic E-state index is 0.0234. The van der Waals surface area contributed by atoms with Gasteiger partial charge in [-0.15, -0.1) is 0 Å². The van der Waals surface area contributed by atoms with Crippen LogP contribution in [-0.4, -0.2) is 54.5 Å². The zero-order chi connectivity index (χ0) is 17.3. The van der Waals surface area contributed by atoms with Crippen LogP contribution < -0.4 is 5.32 Å². The maximum Gasteiger partial charge on any atom is 0.226 e. The molecule has 0 spiro atoms. The van der Waals surface area contributed by atoms with Crippen LogP contribution in [0, 0.1) is 5.92 Å². The molecule has 126 valence electrons. The summed E-state index contributed by atoms with van der Waals surface area (Å²) in [4.78, 5) is 38.3. The van der Waals surface area contributed by atoms with Crippen molar-refractivity contribution in [1.82, 2.24) is 35.4 Å². The van der Waals surface area contributed by atoms with Crippen molar-refractivity contribution in [1.29, 1.82) is 0 Å². The van der Waals surface area contributed by atoms with E-state index in [1.54, 1.807) is 30.5 Å². The Morgan fingerprint density at radius 2 is 2.25 bits per heavy atom. The van der Waals surface area contributed by atoms with Crippen LogP contribution in [-0.2, 0) is 16.1 Å². The van der Waals surface area contributed by atoms with Crippen molar-refractivity contribution in [3.63, 3.8) is 0 Å².